The molecular formula is C16H14BrFN2O3S. The molecule has 1 amide bonds. The van der Waals surface area contributed by atoms with Gasteiger partial charge >= 0.3 is 10.2 Å². The van der Waals surface area contributed by atoms with E-state index in [1.165, 1.54) is 16.4 Å². The molecule has 126 valence electrons. The summed E-state index contributed by atoms with van der Waals surface area (Å²) in [4.78, 5) is 12.1. The quantitative estimate of drug-likeness (QED) is 0.842. The Morgan fingerprint density at radius 2 is 1.88 bits per heavy atom. The monoisotopic (exact) mass is 412 g/mol. The molecule has 0 radical (unpaired) electrons. The van der Waals surface area contributed by atoms with Crippen molar-refractivity contribution in [1.29, 1.82) is 0 Å². The first-order valence-corrected chi connectivity index (χ1v) is 9.44. The van der Waals surface area contributed by atoms with E-state index in [4.69, 9.17) is 0 Å². The van der Waals surface area contributed by atoms with Crippen LogP contribution in [0, 0.1) is 5.82 Å². The largest absolute Gasteiger partial charge is 0.304 e. The van der Waals surface area contributed by atoms with Gasteiger partial charge in [-0.1, -0.05) is 40.2 Å². The molecule has 3 rings (SSSR count). The predicted molar refractivity (Wildman–Crippen MR) is 91.0 cm³/mol. The van der Waals surface area contributed by atoms with Gasteiger partial charge in [0.05, 0.1) is 5.56 Å². The predicted octanol–water partition coefficient (Wildman–Crippen LogP) is 2.62. The molecule has 5 nitrogen and oxygen atoms in total. The SMILES string of the molecule is O=C(NS(=O)(=O)N1CCc2ccccc2C1)c1ccc(Br)cc1F. The van der Waals surface area contributed by atoms with E-state index >= 15 is 0 Å². The molecule has 0 bridgehead atoms. The maximum Gasteiger partial charge on any atom is 0.304 e. The van der Waals surface area contributed by atoms with E-state index in [0.717, 1.165) is 17.2 Å². The number of fused-ring (bicyclic) bond motifs is 1. The highest BCUT2D eigenvalue weighted by Crippen LogP contribution is 2.21. The van der Waals surface area contributed by atoms with Crippen LogP contribution in [0.1, 0.15) is 21.5 Å². The van der Waals surface area contributed by atoms with Gasteiger partial charge < -0.3 is 0 Å². The normalized spacial score (nSPS) is 14.9. The zero-order chi connectivity index (χ0) is 17.3. The van der Waals surface area contributed by atoms with Crippen LogP contribution in [0.4, 0.5) is 4.39 Å². The van der Waals surface area contributed by atoms with Crippen molar-refractivity contribution in [2.75, 3.05) is 6.54 Å². The smallest absolute Gasteiger partial charge is 0.268 e. The lowest BCUT2D eigenvalue weighted by Gasteiger charge is -2.27. The standard InChI is InChI=1S/C16H14BrFN2O3S/c17-13-5-6-14(15(18)9-13)16(21)19-24(22,23)20-8-7-11-3-1-2-4-12(11)10-20/h1-6,9H,7-8,10H2,(H,19,21). The number of rotatable bonds is 3. The topological polar surface area (TPSA) is 66.5 Å². The number of hydrogen-bond acceptors (Lipinski definition) is 3. The molecule has 8 heteroatoms. The Labute approximate surface area is 147 Å². The minimum absolute atomic E-state index is 0.182. The molecule has 0 saturated carbocycles. The molecule has 0 aliphatic carbocycles. The summed E-state index contributed by atoms with van der Waals surface area (Å²) in [5.74, 6) is -1.78. The van der Waals surface area contributed by atoms with Crippen molar-refractivity contribution in [1.82, 2.24) is 9.03 Å². The molecule has 0 fully saturated rings. The minimum atomic E-state index is -4.04. The van der Waals surface area contributed by atoms with Gasteiger partial charge in [0.2, 0.25) is 0 Å². The fourth-order valence-electron chi connectivity index (χ4n) is 2.59. The maximum atomic E-state index is 13.8. The van der Waals surface area contributed by atoms with Gasteiger partial charge in [0, 0.05) is 17.6 Å². The summed E-state index contributed by atoms with van der Waals surface area (Å²) in [6.07, 6.45) is 0.567. The lowest BCUT2D eigenvalue weighted by molar-refractivity contribution is 0.0975. The van der Waals surface area contributed by atoms with Gasteiger partial charge in [0.15, 0.2) is 0 Å². The van der Waals surface area contributed by atoms with Gasteiger partial charge in [-0.3, -0.25) is 4.79 Å². The number of nitrogens with zero attached hydrogens (tertiary/aromatic N) is 1. The van der Waals surface area contributed by atoms with Crippen molar-refractivity contribution in [2.45, 2.75) is 13.0 Å². The number of halogens is 2. The second-order valence-corrected chi connectivity index (χ2v) is 8.00. The Morgan fingerprint density at radius 3 is 2.58 bits per heavy atom. The van der Waals surface area contributed by atoms with Crippen LogP contribution in [0.15, 0.2) is 46.9 Å². The summed E-state index contributed by atoms with van der Waals surface area (Å²) in [5.41, 5.74) is 1.67. The lowest BCUT2D eigenvalue weighted by Crippen LogP contribution is -2.45. The van der Waals surface area contributed by atoms with Crippen LogP contribution in [0.25, 0.3) is 0 Å². The van der Waals surface area contributed by atoms with Crippen molar-refractivity contribution in [2.24, 2.45) is 0 Å². The van der Waals surface area contributed by atoms with E-state index in [-0.39, 0.29) is 18.7 Å². The number of carbonyl (C=O) groups excluding carboxylic acids is 1. The summed E-state index contributed by atoms with van der Waals surface area (Å²) in [6, 6.07) is 11.4. The van der Waals surface area contributed by atoms with Crippen molar-refractivity contribution >= 4 is 32.0 Å². The Balaban J connectivity index is 1.78. The average Bonchev–Trinajstić information content (AvgIpc) is 2.53. The van der Waals surface area contributed by atoms with Gasteiger partial charge in [0.25, 0.3) is 5.91 Å². The van der Waals surface area contributed by atoms with Gasteiger partial charge in [-0.2, -0.15) is 12.7 Å². The molecule has 0 aromatic heterocycles. The Hall–Kier alpha value is -1.77. The fraction of sp³-hybridized carbons (Fsp3) is 0.188. The number of amides is 1. The Morgan fingerprint density at radius 1 is 1.17 bits per heavy atom. The number of benzene rings is 2. The van der Waals surface area contributed by atoms with Crippen LogP contribution in [0.5, 0.6) is 0 Å². The fourth-order valence-corrected chi connectivity index (χ4v) is 4.03. The Kier molecular flexibility index (Phi) is 4.71. The molecule has 2 aromatic carbocycles. The first-order chi connectivity index (χ1) is 11.4. The van der Waals surface area contributed by atoms with E-state index in [2.05, 4.69) is 15.9 Å². The van der Waals surface area contributed by atoms with Crippen molar-refractivity contribution in [3.63, 3.8) is 0 Å². The number of carbonyl (C=O) groups is 1. The zero-order valence-corrected chi connectivity index (χ0v) is 14.9. The highest BCUT2D eigenvalue weighted by molar-refractivity contribution is 9.10. The molecule has 24 heavy (non-hydrogen) atoms. The van der Waals surface area contributed by atoms with Crippen LogP contribution >= 0.6 is 15.9 Å². The van der Waals surface area contributed by atoms with Crippen LogP contribution in [-0.2, 0) is 23.2 Å². The average molecular weight is 413 g/mol. The van der Waals surface area contributed by atoms with Crippen LogP contribution in [0.2, 0.25) is 0 Å². The van der Waals surface area contributed by atoms with Crippen LogP contribution < -0.4 is 4.72 Å². The van der Waals surface area contributed by atoms with Crippen LogP contribution in [0.3, 0.4) is 0 Å². The minimum Gasteiger partial charge on any atom is -0.268 e. The van der Waals surface area contributed by atoms with Crippen molar-refractivity contribution < 1.29 is 17.6 Å². The molecule has 1 N–H and O–H groups in total. The summed E-state index contributed by atoms with van der Waals surface area (Å²) in [6.45, 7) is 0.448. The second-order valence-electron chi connectivity index (χ2n) is 5.41. The van der Waals surface area contributed by atoms with Crippen molar-refractivity contribution in [3.8, 4) is 0 Å². The van der Waals surface area contributed by atoms with Crippen LogP contribution in [-0.4, -0.2) is 25.2 Å². The number of hydrogen-bond donors (Lipinski definition) is 1. The van der Waals surface area contributed by atoms with Gasteiger partial charge in [-0.15, -0.1) is 0 Å². The third kappa shape index (κ3) is 3.50. The van der Waals surface area contributed by atoms with E-state index in [1.54, 1.807) is 0 Å². The summed E-state index contributed by atoms with van der Waals surface area (Å²) in [5, 5.41) is 0. The highest BCUT2D eigenvalue weighted by Gasteiger charge is 2.29. The molecule has 1 heterocycles. The highest BCUT2D eigenvalue weighted by atomic mass is 79.9. The molecular weight excluding hydrogens is 399 g/mol. The van der Waals surface area contributed by atoms with Gasteiger partial charge in [-0.25, -0.2) is 9.11 Å². The Bertz CT molecular complexity index is 902. The summed E-state index contributed by atoms with van der Waals surface area (Å²) < 4.78 is 42.2. The van der Waals surface area contributed by atoms with Gasteiger partial charge in [-0.05, 0) is 35.7 Å². The van der Waals surface area contributed by atoms with E-state index < -0.39 is 21.9 Å². The third-order valence-electron chi connectivity index (χ3n) is 3.83. The first kappa shape index (κ1) is 17.1. The molecule has 2 aromatic rings. The van der Waals surface area contributed by atoms with E-state index in [1.807, 2.05) is 29.0 Å². The molecule has 0 saturated heterocycles. The molecule has 0 unspecified atom stereocenters. The van der Waals surface area contributed by atoms with E-state index in [0.29, 0.717) is 10.9 Å². The van der Waals surface area contributed by atoms with Gasteiger partial charge in [0.1, 0.15) is 5.82 Å². The second kappa shape index (κ2) is 6.62. The van der Waals surface area contributed by atoms with E-state index in [9.17, 15) is 17.6 Å². The zero-order valence-electron chi connectivity index (χ0n) is 12.5. The molecule has 0 atom stereocenters. The molecule has 0 spiro atoms. The summed E-state index contributed by atoms with van der Waals surface area (Å²) in [7, 11) is -4.04. The maximum absolute atomic E-state index is 13.8. The molecule has 1 aliphatic rings. The lowest BCUT2D eigenvalue weighted by atomic mass is 10.0. The first-order valence-electron chi connectivity index (χ1n) is 7.21. The summed E-state index contributed by atoms with van der Waals surface area (Å²) >= 11 is 3.09. The third-order valence-corrected chi connectivity index (χ3v) is 5.76. The van der Waals surface area contributed by atoms with Crippen molar-refractivity contribution in [3.05, 3.63) is 69.4 Å². The number of nitrogens with one attached hydrogen (secondary N) is 1. The molecule has 1 aliphatic heterocycles.